The summed E-state index contributed by atoms with van der Waals surface area (Å²) < 4.78 is 0. The lowest BCUT2D eigenvalue weighted by molar-refractivity contribution is 0.0667. The van der Waals surface area contributed by atoms with Crippen LogP contribution in [0.1, 0.15) is 27.9 Å². The van der Waals surface area contributed by atoms with Crippen molar-refractivity contribution in [3.8, 4) is 0 Å². The number of aromatic nitrogens is 2. The Hall–Kier alpha value is -2.48. The number of amides is 1. The molecule has 1 amide bonds. The molecule has 1 aliphatic heterocycles. The molecule has 1 atom stereocenters. The molecule has 0 aromatic carbocycles. The first-order valence-electron chi connectivity index (χ1n) is 7.20. The van der Waals surface area contributed by atoms with E-state index >= 15 is 0 Å². The molecular weight excluding hydrogens is 316 g/mol. The highest BCUT2D eigenvalue weighted by molar-refractivity contribution is 7.07. The summed E-state index contributed by atoms with van der Waals surface area (Å²) >= 11 is 1.40. The Bertz CT molecular complexity index is 719. The van der Waals surface area contributed by atoms with Gasteiger partial charge in [0.25, 0.3) is 5.91 Å². The fourth-order valence-electron chi connectivity index (χ4n) is 2.65. The van der Waals surface area contributed by atoms with Crippen molar-refractivity contribution in [3.05, 3.63) is 40.5 Å². The second-order valence-corrected chi connectivity index (χ2v) is 6.07. The third-order valence-corrected chi connectivity index (χ3v) is 4.40. The van der Waals surface area contributed by atoms with Crippen LogP contribution in [0.15, 0.2) is 29.1 Å². The zero-order valence-corrected chi connectivity index (χ0v) is 13.4. The van der Waals surface area contributed by atoms with Crippen LogP contribution in [0.3, 0.4) is 0 Å². The summed E-state index contributed by atoms with van der Waals surface area (Å²) in [5.41, 5.74) is 2.15. The molecule has 3 rings (SSSR count). The first kappa shape index (κ1) is 15.4. The molecule has 0 spiro atoms. The number of aromatic carboxylic acids is 1. The van der Waals surface area contributed by atoms with Gasteiger partial charge in [0.1, 0.15) is 11.5 Å². The second-order valence-electron chi connectivity index (χ2n) is 5.35. The normalized spacial score (nSPS) is 18.0. The van der Waals surface area contributed by atoms with Gasteiger partial charge >= 0.3 is 5.97 Å². The molecule has 1 fully saturated rings. The van der Waals surface area contributed by atoms with E-state index in [-0.39, 0.29) is 17.6 Å². The lowest BCUT2D eigenvalue weighted by Gasteiger charge is -2.40. The van der Waals surface area contributed by atoms with Crippen molar-refractivity contribution < 1.29 is 14.7 Å². The molecular formula is C15H16N4O3S. The molecule has 3 heterocycles. The van der Waals surface area contributed by atoms with Gasteiger partial charge in [0.15, 0.2) is 5.69 Å². The summed E-state index contributed by atoms with van der Waals surface area (Å²) in [7, 11) is 0. The highest BCUT2D eigenvalue weighted by Gasteiger charge is 2.29. The van der Waals surface area contributed by atoms with Crippen molar-refractivity contribution in [2.24, 2.45) is 0 Å². The first-order valence-corrected chi connectivity index (χ1v) is 8.15. The molecule has 120 valence electrons. The molecule has 0 unspecified atom stereocenters. The fourth-order valence-corrected chi connectivity index (χ4v) is 3.18. The summed E-state index contributed by atoms with van der Waals surface area (Å²) in [6.45, 7) is 3.73. The minimum Gasteiger partial charge on any atom is -0.477 e. The fraction of sp³-hybridized carbons (Fsp3) is 0.333. The van der Waals surface area contributed by atoms with Gasteiger partial charge in [-0.05, 0) is 19.1 Å². The van der Waals surface area contributed by atoms with Crippen molar-refractivity contribution in [1.82, 2.24) is 14.9 Å². The van der Waals surface area contributed by atoms with Gasteiger partial charge in [-0.2, -0.15) is 0 Å². The molecule has 0 saturated carbocycles. The number of hydrogen-bond donors (Lipinski definition) is 1. The van der Waals surface area contributed by atoms with E-state index < -0.39 is 5.97 Å². The van der Waals surface area contributed by atoms with E-state index in [0.29, 0.717) is 31.1 Å². The van der Waals surface area contributed by atoms with Crippen molar-refractivity contribution in [3.63, 3.8) is 0 Å². The molecule has 0 radical (unpaired) electrons. The molecule has 8 heteroatoms. The smallest absolute Gasteiger partial charge is 0.354 e. The van der Waals surface area contributed by atoms with Crippen LogP contribution in [0.4, 0.5) is 5.82 Å². The number of carboxylic acid groups (broad SMARTS) is 1. The predicted octanol–water partition coefficient (Wildman–Crippen LogP) is 1.59. The monoisotopic (exact) mass is 332 g/mol. The van der Waals surface area contributed by atoms with Crippen LogP contribution in [0.25, 0.3) is 0 Å². The number of rotatable bonds is 3. The maximum absolute atomic E-state index is 12.4. The summed E-state index contributed by atoms with van der Waals surface area (Å²) in [5.74, 6) is -0.486. The molecule has 1 saturated heterocycles. The van der Waals surface area contributed by atoms with Crippen LogP contribution < -0.4 is 4.90 Å². The third kappa shape index (κ3) is 3.16. The maximum atomic E-state index is 12.4. The van der Waals surface area contributed by atoms with Crippen molar-refractivity contribution >= 4 is 29.0 Å². The number of anilines is 1. The Balaban J connectivity index is 1.72. The van der Waals surface area contributed by atoms with Crippen molar-refractivity contribution in [2.45, 2.75) is 13.0 Å². The SMILES string of the molecule is C[C@H]1CN(c2cccc(C(=O)O)n2)CCN1C(=O)c1cscn1. The number of piperazine rings is 1. The van der Waals surface area contributed by atoms with E-state index in [1.54, 1.807) is 27.9 Å². The number of thiazole rings is 1. The van der Waals surface area contributed by atoms with Gasteiger partial charge in [-0.3, -0.25) is 4.79 Å². The molecule has 1 N–H and O–H groups in total. The molecule has 23 heavy (non-hydrogen) atoms. The van der Waals surface area contributed by atoms with Gasteiger partial charge in [0.2, 0.25) is 0 Å². The number of carboxylic acids is 1. The number of pyridine rings is 1. The zero-order chi connectivity index (χ0) is 16.4. The topological polar surface area (TPSA) is 86.6 Å². The van der Waals surface area contributed by atoms with E-state index in [2.05, 4.69) is 9.97 Å². The molecule has 0 bridgehead atoms. The predicted molar refractivity (Wildman–Crippen MR) is 86.0 cm³/mol. The molecule has 7 nitrogen and oxygen atoms in total. The third-order valence-electron chi connectivity index (χ3n) is 3.82. The minimum atomic E-state index is -1.04. The van der Waals surface area contributed by atoms with Crippen molar-refractivity contribution in [1.29, 1.82) is 0 Å². The molecule has 0 aliphatic carbocycles. The summed E-state index contributed by atoms with van der Waals surface area (Å²) in [6.07, 6.45) is 0. The number of nitrogens with zero attached hydrogens (tertiary/aromatic N) is 4. The van der Waals surface area contributed by atoms with E-state index in [4.69, 9.17) is 5.11 Å². The molecule has 2 aromatic heterocycles. The Morgan fingerprint density at radius 3 is 2.78 bits per heavy atom. The van der Waals surface area contributed by atoms with E-state index in [0.717, 1.165) is 0 Å². The van der Waals surface area contributed by atoms with Gasteiger partial charge in [-0.15, -0.1) is 11.3 Å². The first-order chi connectivity index (χ1) is 11.1. The second kappa shape index (κ2) is 6.33. The van der Waals surface area contributed by atoms with Gasteiger partial charge in [-0.25, -0.2) is 14.8 Å². The standard InChI is InChI=1S/C15H16N4O3S/c1-10-7-18(13-4-2-3-11(17-13)15(21)22)5-6-19(10)14(20)12-8-23-9-16-12/h2-4,8-10H,5-7H2,1H3,(H,21,22)/t10-/m0/s1. The highest BCUT2D eigenvalue weighted by Crippen LogP contribution is 2.19. The number of carbonyl (C=O) groups excluding carboxylic acids is 1. The average Bonchev–Trinajstić information content (AvgIpc) is 3.08. The molecule has 1 aliphatic rings. The van der Waals surface area contributed by atoms with Crippen LogP contribution in [0.5, 0.6) is 0 Å². The van der Waals surface area contributed by atoms with Crippen LogP contribution in [0, 0.1) is 0 Å². The minimum absolute atomic E-state index is 0.00626. The van der Waals surface area contributed by atoms with Gasteiger partial charge in [-0.1, -0.05) is 6.07 Å². The summed E-state index contributed by atoms with van der Waals surface area (Å²) in [5, 5.41) is 10.8. The quantitative estimate of drug-likeness (QED) is 0.918. The van der Waals surface area contributed by atoms with E-state index in [1.165, 1.54) is 17.4 Å². The van der Waals surface area contributed by atoms with Crippen LogP contribution in [0.2, 0.25) is 0 Å². The van der Waals surface area contributed by atoms with Crippen molar-refractivity contribution in [2.75, 3.05) is 24.5 Å². The lowest BCUT2D eigenvalue weighted by Crippen LogP contribution is -2.54. The Labute approximate surface area is 137 Å². The largest absolute Gasteiger partial charge is 0.477 e. The van der Waals surface area contributed by atoms with E-state index in [9.17, 15) is 9.59 Å². The van der Waals surface area contributed by atoms with Crippen LogP contribution in [-0.2, 0) is 0 Å². The summed E-state index contributed by atoms with van der Waals surface area (Å²) in [6, 6.07) is 4.94. The zero-order valence-electron chi connectivity index (χ0n) is 12.5. The Morgan fingerprint density at radius 2 is 2.13 bits per heavy atom. The Morgan fingerprint density at radius 1 is 1.30 bits per heavy atom. The van der Waals surface area contributed by atoms with Gasteiger partial charge in [0.05, 0.1) is 5.51 Å². The van der Waals surface area contributed by atoms with Crippen LogP contribution >= 0.6 is 11.3 Å². The average molecular weight is 332 g/mol. The number of hydrogen-bond acceptors (Lipinski definition) is 6. The van der Waals surface area contributed by atoms with Crippen LogP contribution in [-0.4, -0.2) is 57.5 Å². The maximum Gasteiger partial charge on any atom is 0.354 e. The Kier molecular flexibility index (Phi) is 4.24. The van der Waals surface area contributed by atoms with Gasteiger partial charge < -0.3 is 14.9 Å². The molecule has 2 aromatic rings. The number of carbonyl (C=O) groups is 2. The van der Waals surface area contributed by atoms with Gasteiger partial charge in [0, 0.05) is 31.1 Å². The summed E-state index contributed by atoms with van der Waals surface area (Å²) in [4.78, 5) is 35.5. The lowest BCUT2D eigenvalue weighted by atomic mass is 10.1. The van der Waals surface area contributed by atoms with E-state index in [1.807, 2.05) is 11.8 Å². The highest BCUT2D eigenvalue weighted by atomic mass is 32.1.